The average Bonchev–Trinajstić information content (AvgIpc) is 3.17. The van der Waals surface area contributed by atoms with Crippen LogP contribution in [0.5, 0.6) is 0 Å². The fourth-order valence-corrected chi connectivity index (χ4v) is 4.67. The molecule has 1 heterocycles. The first-order valence-electron chi connectivity index (χ1n) is 12.2. The number of alkyl carbamates (subject to hydrolysis) is 1. The van der Waals surface area contributed by atoms with Crippen molar-refractivity contribution in [3.05, 3.63) is 35.9 Å². The first kappa shape index (κ1) is 25.1. The molecule has 1 aromatic rings. The Hall–Kier alpha value is -2.57. The molecule has 1 saturated carbocycles. The smallest absolute Gasteiger partial charge is 0.408 e. The highest BCUT2D eigenvalue weighted by Gasteiger charge is 2.46. The topological polar surface area (TPSA) is 86.2 Å². The van der Waals surface area contributed by atoms with Crippen molar-refractivity contribution in [3.63, 3.8) is 0 Å². The Balaban J connectivity index is 1.82. The molecule has 0 unspecified atom stereocenters. The van der Waals surface area contributed by atoms with Crippen LogP contribution in [0.1, 0.15) is 71.8 Å². The lowest BCUT2D eigenvalue weighted by atomic mass is 9.81. The number of carbonyl (C=O) groups is 2. The van der Waals surface area contributed by atoms with Gasteiger partial charge in [-0.05, 0) is 52.0 Å². The van der Waals surface area contributed by atoms with Gasteiger partial charge in [0.05, 0.1) is 18.4 Å². The van der Waals surface area contributed by atoms with Gasteiger partial charge in [0, 0.05) is 0 Å². The molecular formula is C26H38N2O5. The number of nitrogens with zero attached hydrogens (tertiary/aromatic N) is 1. The minimum atomic E-state index is -0.657. The molecule has 3 rings (SSSR count). The third-order valence-corrected chi connectivity index (χ3v) is 6.14. The van der Waals surface area contributed by atoms with E-state index in [-0.39, 0.29) is 12.6 Å². The molecule has 0 spiro atoms. The Morgan fingerprint density at radius 3 is 2.48 bits per heavy atom. The van der Waals surface area contributed by atoms with Crippen LogP contribution in [0.3, 0.4) is 0 Å². The molecule has 7 nitrogen and oxygen atoms in total. The monoisotopic (exact) mass is 458 g/mol. The van der Waals surface area contributed by atoms with Gasteiger partial charge in [-0.1, -0.05) is 67.6 Å². The molecule has 1 N–H and O–H groups in total. The second-order valence-electron chi connectivity index (χ2n) is 10.0. The molecule has 0 aromatic heterocycles. The number of carbonyl (C=O) groups excluding carboxylic acids is 2. The van der Waals surface area contributed by atoms with Gasteiger partial charge < -0.3 is 19.6 Å². The van der Waals surface area contributed by atoms with Crippen molar-refractivity contribution in [2.75, 3.05) is 6.61 Å². The van der Waals surface area contributed by atoms with Crippen molar-refractivity contribution >= 4 is 17.8 Å². The van der Waals surface area contributed by atoms with Crippen LogP contribution < -0.4 is 5.32 Å². The van der Waals surface area contributed by atoms with Gasteiger partial charge in [-0.15, -0.1) is 0 Å². The third kappa shape index (κ3) is 7.47. The number of amides is 1. The lowest BCUT2D eigenvalue weighted by Crippen LogP contribution is -2.51. The molecule has 1 amide bonds. The van der Waals surface area contributed by atoms with Gasteiger partial charge in [-0.25, -0.2) is 4.79 Å². The molecule has 2 aliphatic rings. The number of rotatable bonds is 8. The van der Waals surface area contributed by atoms with Gasteiger partial charge in [-0.3, -0.25) is 4.79 Å². The van der Waals surface area contributed by atoms with E-state index in [0.717, 1.165) is 30.5 Å². The summed E-state index contributed by atoms with van der Waals surface area (Å²) in [4.78, 5) is 31.6. The second-order valence-corrected chi connectivity index (χ2v) is 10.0. The van der Waals surface area contributed by atoms with Gasteiger partial charge in [-0.2, -0.15) is 0 Å². The van der Waals surface area contributed by atoms with E-state index >= 15 is 0 Å². The Bertz CT molecular complexity index is 812. The van der Waals surface area contributed by atoms with Crippen LogP contribution in [0.2, 0.25) is 0 Å². The summed E-state index contributed by atoms with van der Waals surface area (Å²) in [5.41, 5.74) is 1.11. The first-order valence-corrected chi connectivity index (χ1v) is 12.2. The average molecular weight is 459 g/mol. The van der Waals surface area contributed by atoms with Gasteiger partial charge in [0.2, 0.25) is 0 Å². The van der Waals surface area contributed by atoms with Crippen LogP contribution >= 0.6 is 0 Å². The number of oxime groups is 1. The van der Waals surface area contributed by atoms with Crippen molar-refractivity contribution in [3.8, 4) is 0 Å². The molecular weight excluding hydrogens is 420 g/mol. The van der Waals surface area contributed by atoms with E-state index in [0.29, 0.717) is 12.3 Å². The van der Waals surface area contributed by atoms with E-state index in [1.807, 2.05) is 51.1 Å². The van der Waals surface area contributed by atoms with Crippen LogP contribution in [0.25, 0.3) is 0 Å². The van der Waals surface area contributed by atoms with E-state index in [4.69, 9.17) is 14.3 Å². The SMILES string of the molecule is CCOC(=O)[C@H]1C(CC2CCCCC2)=NO[C@@H]1[C@H](Cc1ccccc1)NC(=O)OC(C)(C)C. The number of ether oxygens (including phenoxy) is 2. The number of hydrogen-bond acceptors (Lipinski definition) is 6. The van der Waals surface area contributed by atoms with E-state index in [1.165, 1.54) is 19.3 Å². The molecule has 1 fully saturated rings. The second kappa shape index (κ2) is 11.5. The molecule has 0 bridgehead atoms. The number of hydrogen-bond donors (Lipinski definition) is 1. The summed E-state index contributed by atoms with van der Waals surface area (Å²) in [5.74, 6) is -0.489. The lowest BCUT2D eigenvalue weighted by molar-refractivity contribution is -0.149. The maximum atomic E-state index is 13.1. The van der Waals surface area contributed by atoms with Crippen molar-refractivity contribution < 1.29 is 23.9 Å². The van der Waals surface area contributed by atoms with Crippen LogP contribution in [0.15, 0.2) is 35.5 Å². The summed E-state index contributed by atoms with van der Waals surface area (Å²) in [6.07, 6.45) is 5.98. The largest absolute Gasteiger partial charge is 0.465 e. The highest BCUT2D eigenvalue weighted by molar-refractivity contribution is 6.03. The molecule has 7 heteroatoms. The van der Waals surface area contributed by atoms with Crippen LogP contribution in [0.4, 0.5) is 4.79 Å². The molecule has 1 aromatic carbocycles. The first-order chi connectivity index (χ1) is 15.8. The highest BCUT2D eigenvalue weighted by Crippen LogP contribution is 2.33. The van der Waals surface area contributed by atoms with E-state index in [2.05, 4.69) is 10.5 Å². The van der Waals surface area contributed by atoms with Crippen molar-refractivity contribution in [2.24, 2.45) is 17.0 Å². The Morgan fingerprint density at radius 1 is 1.15 bits per heavy atom. The summed E-state index contributed by atoms with van der Waals surface area (Å²) in [7, 11) is 0. The van der Waals surface area contributed by atoms with Crippen molar-refractivity contribution in [1.82, 2.24) is 5.32 Å². The zero-order valence-electron chi connectivity index (χ0n) is 20.3. The molecule has 0 saturated heterocycles. The summed E-state index contributed by atoms with van der Waals surface area (Å²) in [6.45, 7) is 7.52. The summed E-state index contributed by atoms with van der Waals surface area (Å²) in [6, 6.07) is 9.30. The number of esters is 1. The quantitative estimate of drug-likeness (QED) is 0.553. The minimum absolute atomic E-state index is 0.279. The van der Waals surface area contributed by atoms with Gasteiger partial charge >= 0.3 is 12.1 Å². The normalized spacial score (nSPS) is 22.1. The van der Waals surface area contributed by atoms with E-state index < -0.39 is 29.8 Å². The fourth-order valence-electron chi connectivity index (χ4n) is 4.67. The fraction of sp³-hybridized carbons (Fsp3) is 0.654. The standard InChI is InChI=1S/C26H38N2O5/c1-5-31-24(29)22-20(16-18-12-8-6-9-13-18)28-33-23(22)21(17-19-14-10-7-11-15-19)27-25(30)32-26(2,3)4/h7,10-11,14-15,18,21-23H,5-6,8-9,12-13,16-17H2,1-4H3,(H,27,30)/t21-,22-,23+/m0/s1. The number of benzene rings is 1. The van der Waals surface area contributed by atoms with Crippen molar-refractivity contribution in [1.29, 1.82) is 0 Å². The van der Waals surface area contributed by atoms with Crippen molar-refractivity contribution in [2.45, 2.75) is 90.4 Å². The molecule has 0 radical (unpaired) electrons. The predicted molar refractivity (Wildman–Crippen MR) is 127 cm³/mol. The molecule has 3 atom stereocenters. The minimum Gasteiger partial charge on any atom is -0.465 e. The predicted octanol–water partition coefficient (Wildman–Crippen LogP) is 5.03. The maximum absolute atomic E-state index is 13.1. The Labute approximate surface area is 197 Å². The third-order valence-electron chi connectivity index (χ3n) is 6.14. The van der Waals surface area contributed by atoms with Crippen LogP contribution in [0, 0.1) is 11.8 Å². The van der Waals surface area contributed by atoms with Gasteiger partial charge in [0.15, 0.2) is 6.10 Å². The highest BCUT2D eigenvalue weighted by atomic mass is 16.6. The van der Waals surface area contributed by atoms with Gasteiger partial charge in [0.25, 0.3) is 0 Å². The molecule has 1 aliphatic heterocycles. The zero-order valence-corrected chi connectivity index (χ0v) is 20.3. The van der Waals surface area contributed by atoms with Gasteiger partial charge in [0.1, 0.15) is 11.5 Å². The molecule has 33 heavy (non-hydrogen) atoms. The lowest BCUT2D eigenvalue weighted by Gasteiger charge is -2.29. The Kier molecular flexibility index (Phi) is 8.75. The molecule has 182 valence electrons. The van der Waals surface area contributed by atoms with Crippen LogP contribution in [-0.2, 0) is 25.5 Å². The van der Waals surface area contributed by atoms with E-state index in [9.17, 15) is 9.59 Å². The summed E-state index contributed by atoms with van der Waals surface area (Å²) >= 11 is 0. The molecule has 1 aliphatic carbocycles. The van der Waals surface area contributed by atoms with Crippen LogP contribution in [-0.4, -0.2) is 42.1 Å². The number of nitrogens with one attached hydrogen (secondary N) is 1. The summed E-state index contributed by atoms with van der Waals surface area (Å²) < 4.78 is 10.9. The summed E-state index contributed by atoms with van der Waals surface area (Å²) in [5, 5.41) is 7.31. The van der Waals surface area contributed by atoms with E-state index in [1.54, 1.807) is 6.92 Å². The Morgan fingerprint density at radius 2 is 1.85 bits per heavy atom. The zero-order chi connectivity index (χ0) is 23.8. The maximum Gasteiger partial charge on any atom is 0.408 e.